The zero-order chi connectivity index (χ0) is 25.9. The molecule has 0 bridgehead atoms. The molecule has 0 amide bonds. The van der Waals surface area contributed by atoms with Crippen LogP contribution in [-0.4, -0.2) is 21.7 Å². The third kappa shape index (κ3) is 5.58. The molecule has 0 aliphatic carbocycles. The van der Waals surface area contributed by atoms with Gasteiger partial charge in [0.15, 0.2) is 17.5 Å². The fourth-order valence-electron chi connectivity index (χ4n) is 4.40. The van der Waals surface area contributed by atoms with Gasteiger partial charge in [-0.25, -0.2) is 23.1 Å². The number of benzene rings is 3. The number of nitrogens with zero attached hydrogens (tertiary/aromatic N) is 2. The number of hydrogen-bond acceptors (Lipinski definition) is 4. The third-order valence-corrected chi connectivity index (χ3v) is 6.66. The number of aromatic nitrogens is 2. The lowest BCUT2D eigenvalue weighted by Crippen LogP contribution is -2.04. The zero-order valence-electron chi connectivity index (χ0n) is 20.4. The number of halogens is 3. The second-order valence-corrected chi connectivity index (χ2v) is 9.29. The van der Waals surface area contributed by atoms with Crippen molar-refractivity contribution in [2.45, 2.75) is 44.8 Å². The van der Waals surface area contributed by atoms with E-state index >= 15 is 0 Å². The lowest BCUT2D eigenvalue weighted by Gasteiger charge is -2.11. The highest BCUT2D eigenvalue weighted by Crippen LogP contribution is 2.34. The van der Waals surface area contributed by atoms with Gasteiger partial charge in [-0.15, -0.1) is 0 Å². The standard InChI is InChI=1S/C30H27F3N2O2/c1-2-3-26(36)30-34-15-22(16-35-30)23-12-10-20(28(32)29(23)33)9-6-18-4-7-19(8-5-18)21-11-13-24(25(31)14-21)27-17-37-27/h4-5,7-8,10-16,26-27,36H,2-3,6,9,17H2,1H3. The van der Waals surface area contributed by atoms with Crippen molar-refractivity contribution in [3.8, 4) is 22.3 Å². The molecule has 0 saturated carbocycles. The van der Waals surface area contributed by atoms with Crippen LogP contribution in [0.5, 0.6) is 0 Å². The van der Waals surface area contributed by atoms with E-state index < -0.39 is 17.7 Å². The molecule has 1 aromatic heterocycles. The Bertz CT molecular complexity index is 1390. The first-order valence-corrected chi connectivity index (χ1v) is 12.4. The summed E-state index contributed by atoms with van der Waals surface area (Å²) in [5.41, 5.74) is 3.90. The highest BCUT2D eigenvalue weighted by molar-refractivity contribution is 5.65. The van der Waals surface area contributed by atoms with Crippen LogP contribution >= 0.6 is 0 Å². The first kappa shape index (κ1) is 25.1. The van der Waals surface area contributed by atoms with Gasteiger partial charge < -0.3 is 9.84 Å². The summed E-state index contributed by atoms with van der Waals surface area (Å²) in [6, 6.07) is 15.9. The summed E-state index contributed by atoms with van der Waals surface area (Å²) >= 11 is 0. The highest BCUT2D eigenvalue weighted by atomic mass is 19.2. The third-order valence-electron chi connectivity index (χ3n) is 6.66. The van der Waals surface area contributed by atoms with E-state index in [1.165, 1.54) is 24.5 Å². The Morgan fingerprint density at radius 3 is 2.24 bits per heavy atom. The molecule has 0 radical (unpaired) electrons. The minimum atomic E-state index is -0.944. The van der Waals surface area contributed by atoms with Crippen molar-refractivity contribution in [1.82, 2.24) is 9.97 Å². The van der Waals surface area contributed by atoms with Crippen LogP contribution in [0.15, 0.2) is 67.0 Å². The van der Waals surface area contributed by atoms with E-state index in [1.807, 2.05) is 37.3 Å². The maximum absolute atomic E-state index is 14.9. The molecule has 4 aromatic rings. The van der Waals surface area contributed by atoms with Crippen LogP contribution in [0.3, 0.4) is 0 Å². The molecular formula is C30H27F3N2O2. The van der Waals surface area contributed by atoms with Crippen molar-refractivity contribution in [3.63, 3.8) is 0 Å². The minimum absolute atomic E-state index is 0.0774. The largest absolute Gasteiger partial charge is 0.385 e. The van der Waals surface area contributed by atoms with E-state index in [-0.39, 0.29) is 28.9 Å². The summed E-state index contributed by atoms with van der Waals surface area (Å²) in [6.07, 6.45) is 4.05. The molecule has 190 valence electrons. The second kappa shape index (κ2) is 10.8. The molecule has 1 saturated heterocycles. The first-order valence-electron chi connectivity index (χ1n) is 12.4. The van der Waals surface area contributed by atoms with Crippen LogP contribution in [0.4, 0.5) is 13.2 Å². The van der Waals surface area contributed by atoms with Gasteiger partial charge in [-0.05, 0) is 47.6 Å². The molecule has 2 heterocycles. The van der Waals surface area contributed by atoms with Gasteiger partial charge in [0.05, 0.1) is 6.61 Å². The molecule has 1 fully saturated rings. The monoisotopic (exact) mass is 504 g/mol. The number of rotatable bonds is 9. The van der Waals surface area contributed by atoms with E-state index in [4.69, 9.17) is 4.74 Å². The van der Waals surface area contributed by atoms with Crippen LogP contribution in [0.2, 0.25) is 0 Å². The summed E-state index contributed by atoms with van der Waals surface area (Å²) in [7, 11) is 0. The van der Waals surface area contributed by atoms with Crippen molar-refractivity contribution < 1.29 is 23.0 Å². The van der Waals surface area contributed by atoms with Gasteiger partial charge in [-0.1, -0.05) is 61.9 Å². The van der Waals surface area contributed by atoms with Gasteiger partial charge in [-0.2, -0.15) is 0 Å². The molecular weight excluding hydrogens is 477 g/mol. The zero-order valence-corrected chi connectivity index (χ0v) is 20.4. The van der Waals surface area contributed by atoms with Gasteiger partial charge in [0.1, 0.15) is 18.0 Å². The average Bonchev–Trinajstić information content (AvgIpc) is 3.75. The van der Waals surface area contributed by atoms with Gasteiger partial charge in [0.25, 0.3) is 0 Å². The fraction of sp³-hybridized carbons (Fsp3) is 0.267. The quantitative estimate of drug-likeness (QED) is 0.252. The fourth-order valence-corrected chi connectivity index (χ4v) is 4.40. The van der Waals surface area contributed by atoms with Crippen molar-refractivity contribution >= 4 is 0 Å². The normalized spacial score (nSPS) is 15.5. The summed E-state index contributed by atoms with van der Waals surface area (Å²) in [5.74, 6) is -1.84. The number of epoxide rings is 1. The Labute approximate surface area is 213 Å². The van der Waals surface area contributed by atoms with Crippen LogP contribution in [-0.2, 0) is 17.6 Å². The van der Waals surface area contributed by atoms with E-state index in [9.17, 15) is 18.3 Å². The smallest absolute Gasteiger partial charge is 0.167 e. The molecule has 5 rings (SSSR count). The van der Waals surface area contributed by atoms with E-state index in [1.54, 1.807) is 12.1 Å². The molecule has 3 aromatic carbocycles. The summed E-state index contributed by atoms with van der Waals surface area (Å²) in [5, 5.41) is 10.0. The Morgan fingerprint density at radius 1 is 0.892 bits per heavy atom. The molecule has 4 nitrogen and oxygen atoms in total. The highest BCUT2D eigenvalue weighted by Gasteiger charge is 2.27. The van der Waals surface area contributed by atoms with Crippen LogP contribution in [0, 0.1) is 17.5 Å². The number of hydrogen-bond donors (Lipinski definition) is 1. The number of aliphatic hydroxyl groups is 1. The van der Waals surface area contributed by atoms with Gasteiger partial charge in [0.2, 0.25) is 0 Å². The lowest BCUT2D eigenvalue weighted by molar-refractivity contribution is 0.156. The lowest BCUT2D eigenvalue weighted by atomic mass is 9.98. The SMILES string of the molecule is CCCC(O)c1ncc(-c2ccc(CCc3ccc(-c4ccc(C5CO5)c(F)c4)cc3)c(F)c2F)cn1. The Hall–Kier alpha value is -3.55. The number of aryl methyl sites for hydroxylation is 2. The maximum Gasteiger partial charge on any atom is 0.167 e. The van der Waals surface area contributed by atoms with Crippen LogP contribution < -0.4 is 0 Å². The maximum atomic E-state index is 14.9. The minimum Gasteiger partial charge on any atom is -0.385 e. The average molecular weight is 505 g/mol. The van der Waals surface area contributed by atoms with Crippen molar-refractivity contribution in [2.75, 3.05) is 6.61 Å². The molecule has 7 heteroatoms. The second-order valence-electron chi connectivity index (χ2n) is 9.29. The van der Waals surface area contributed by atoms with Gasteiger partial charge in [-0.3, -0.25) is 0 Å². The van der Waals surface area contributed by atoms with Crippen molar-refractivity contribution in [2.24, 2.45) is 0 Å². The summed E-state index contributed by atoms with van der Waals surface area (Å²) in [6.45, 7) is 2.50. The topological polar surface area (TPSA) is 58.5 Å². The Balaban J connectivity index is 1.25. The number of aliphatic hydroxyl groups excluding tert-OH is 1. The summed E-state index contributed by atoms with van der Waals surface area (Å²) in [4.78, 5) is 8.23. The van der Waals surface area contributed by atoms with Gasteiger partial charge >= 0.3 is 0 Å². The van der Waals surface area contributed by atoms with Crippen molar-refractivity contribution in [1.29, 1.82) is 0 Å². The molecule has 2 atom stereocenters. The number of ether oxygens (including phenoxy) is 1. The van der Waals surface area contributed by atoms with Crippen molar-refractivity contribution in [3.05, 3.63) is 107 Å². The summed E-state index contributed by atoms with van der Waals surface area (Å²) < 4.78 is 49.3. The van der Waals surface area contributed by atoms with Gasteiger partial charge in [0, 0.05) is 29.1 Å². The molecule has 0 spiro atoms. The molecule has 37 heavy (non-hydrogen) atoms. The van der Waals surface area contributed by atoms with E-state index in [0.29, 0.717) is 37.0 Å². The Kier molecular flexibility index (Phi) is 7.35. The van der Waals surface area contributed by atoms with Crippen LogP contribution in [0.25, 0.3) is 22.3 Å². The molecule has 1 N–H and O–H groups in total. The Morgan fingerprint density at radius 2 is 1.59 bits per heavy atom. The predicted octanol–water partition coefficient (Wildman–Crippen LogP) is 6.92. The molecule has 2 unspecified atom stereocenters. The van der Waals surface area contributed by atoms with Crippen LogP contribution in [0.1, 0.15) is 54.5 Å². The van der Waals surface area contributed by atoms with E-state index in [0.717, 1.165) is 23.1 Å². The predicted molar refractivity (Wildman–Crippen MR) is 135 cm³/mol. The molecule has 1 aliphatic heterocycles. The first-order chi connectivity index (χ1) is 17.9. The van der Waals surface area contributed by atoms with E-state index in [2.05, 4.69) is 9.97 Å². The molecule has 1 aliphatic rings.